The summed E-state index contributed by atoms with van der Waals surface area (Å²) in [5, 5.41) is 1.91. The van der Waals surface area contributed by atoms with Gasteiger partial charge in [-0.25, -0.2) is 0 Å². The van der Waals surface area contributed by atoms with E-state index >= 15 is 0 Å². The van der Waals surface area contributed by atoms with Crippen LogP contribution in [0, 0.1) is 0 Å². The van der Waals surface area contributed by atoms with Gasteiger partial charge in [-0.3, -0.25) is 9.69 Å². The maximum Gasteiger partial charge on any atom is 0.304 e. The van der Waals surface area contributed by atoms with Gasteiger partial charge in [-0.2, -0.15) is 0 Å². The fourth-order valence-corrected chi connectivity index (χ4v) is 2.16. The van der Waals surface area contributed by atoms with Crippen LogP contribution >= 0.6 is 11.3 Å². The number of thiazole rings is 1. The van der Waals surface area contributed by atoms with Gasteiger partial charge in [0, 0.05) is 37.1 Å². The number of hydrogen-bond acceptors (Lipinski definition) is 4. The van der Waals surface area contributed by atoms with E-state index in [1.54, 1.807) is 0 Å². The summed E-state index contributed by atoms with van der Waals surface area (Å²) < 4.78 is 5.26. The first-order valence-corrected chi connectivity index (χ1v) is 5.69. The molecule has 2 heterocycles. The van der Waals surface area contributed by atoms with Gasteiger partial charge in [-0.05, 0) is 0 Å². The van der Waals surface area contributed by atoms with Crippen LogP contribution in [-0.2, 0) is 11.2 Å². The number of nitrogens with zero attached hydrogens (tertiary/aromatic N) is 1. The van der Waals surface area contributed by atoms with Gasteiger partial charge in [0.25, 0.3) is 0 Å². The summed E-state index contributed by atoms with van der Waals surface area (Å²) in [4.78, 5) is 16.1. The van der Waals surface area contributed by atoms with Gasteiger partial charge in [-0.1, -0.05) is 11.3 Å². The molecule has 0 bridgehead atoms. The molecule has 78 valence electrons. The Kier molecular flexibility index (Phi) is 3.34. The highest BCUT2D eigenvalue weighted by Crippen LogP contribution is 2.01. The Labute approximate surface area is 86.5 Å². The average molecular weight is 214 g/mol. The van der Waals surface area contributed by atoms with Crippen LogP contribution in [0.3, 0.4) is 0 Å². The second-order valence-corrected chi connectivity index (χ2v) is 4.22. The quantitative estimate of drug-likeness (QED) is 0.787. The smallest absolute Gasteiger partial charge is 0.304 e. The zero-order chi connectivity index (χ0) is 9.80. The summed E-state index contributed by atoms with van der Waals surface area (Å²) in [6, 6.07) is 0. The predicted molar refractivity (Wildman–Crippen MR) is 55.9 cm³/mol. The van der Waals surface area contributed by atoms with Crippen LogP contribution in [0.15, 0.2) is 10.2 Å². The maximum absolute atomic E-state index is 10.9. The van der Waals surface area contributed by atoms with Crippen LogP contribution in [0.2, 0.25) is 0 Å². The molecule has 1 aliphatic heterocycles. The molecule has 1 aromatic heterocycles. The Morgan fingerprint density at radius 2 is 2.29 bits per heavy atom. The first kappa shape index (κ1) is 9.89. The summed E-state index contributed by atoms with van der Waals surface area (Å²) in [6.07, 6.45) is 0.929. The molecule has 1 N–H and O–H groups in total. The lowest BCUT2D eigenvalue weighted by Gasteiger charge is -2.26. The lowest BCUT2D eigenvalue weighted by atomic mass is 10.3. The zero-order valence-electron chi connectivity index (χ0n) is 7.99. The van der Waals surface area contributed by atoms with Crippen LogP contribution in [0.25, 0.3) is 0 Å². The highest BCUT2D eigenvalue weighted by molar-refractivity contribution is 7.07. The molecule has 14 heavy (non-hydrogen) atoms. The van der Waals surface area contributed by atoms with E-state index in [2.05, 4.69) is 9.88 Å². The number of nitrogens with one attached hydrogen (secondary N) is 1. The minimum atomic E-state index is 0.0435. The molecule has 0 atom stereocenters. The van der Waals surface area contributed by atoms with Gasteiger partial charge in [0.1, 0.15) is 0 Å². The van der Waals surface area contributed by atoms with Gasteiger partial charge in [0.15, 0.2) is 0 Å². The molecule has 4 nitrogen and oxygen atoms in total. The molecule has 1 aliphatic rings. The van der Waals surface area contributed by atoms with Crippen LogP contribution in [0.4, 0.5) is 0 Å². The molecule has 0 saturated carbocycles. The third-order valence-corrected chi connectivity index (χ3v) is 3.09. The number of ether oxygens (including phenoxy) is 1. The largest absolute Gasteiger partial charge is 0.379 e. The van der Waals surface area contributed by atoms with Crippen molar-refractivity contribution < 1.29 is 4.74 Å². The van der Waals surface area contributed by atoms with E-state index in [1.165, 1.54) is 11.3 Å². The molecule has 1 fully saturated rings. The van der Waals surface area contributed by atoms with Gasteiger partial charge < -0.3 is 9.72 Å². The van der Waals surface area contributed by atoms with Crippen LogP contribution in [0.5, 0.6) is 0 Å². The van der Waals surface area contributed by atoms with Crippen molar-refractivity contribution in [2.45, 2.75) is 6.42 Å². The monoisotopic (exact) mass is 214 g/mol. The van der Waals surface area contributed by atoms with E-state index in [4.69, 9.17) is 4.74 Å². The van der Waals surface area contributed by atoms with Gasteiger partial charge in [0.2, 0.25) is 0 Å². The molecule has 0 spiro atoms. The number of H-pyrrole nitrogens is 1. The summed E-state index contributed by atoms with van der Waals surface area (Å²) in [5.74, 6) is 0. The van der Waals surface area contributed by atoms with Crippen LogP contribution < -0.4 is 4.87 Å². The van der Waals surface area contributed by atoms with Gasteiger partial charge in [-0.15, -0.1) is 0 Å². The van der Waals surface area contributed by atoms with Crippen molar-refractivity contribution in [2.75, 3.05) is 32.8 Å². The Balaban J connectivity index is 1.78. The molecule has 0 unspecified atom stereocenters. The van der Waals surface area contributed by atoms with Crippen molar-refractivity contribution in [2.24, 2.45) is 0 Å². The summed E-state index contributed by atoms with van der Waals surface area (Å²) in [7, 11) is 0. The molecule has 5 heteroatoms. The molecule has 0 radical (unpaired) electrons. The minimum absolute atomic E-state index is 0.0435. The number of aromatic nitrogens is 1. The van der Waals surface area contributed by atoms with E-state index < -0.39 is 0 Å². The first-order chi connectivity index (χ1) is 6.84. The molecule has 1 saturated heterocycles. The lowest BCUT2D eigenvalue weighted by Crippen LogP contribution is -2.37. The zero-order valence-corrected chi connectivity index (χ0v) is 8.81. The highest BCUT2D eigenvalue weighted by Gasteiger charge is 2.09. The summed E-state index contributed by atoms with van der Waals surface area (Å²) in [6.45, 7) is 4.69. The highest BCUT2D eigenvalue weighted by atomic mass is 32.1. The normalized spacial score (nSPS) is 18.6. The van der Waals surface area contributed by atoms with E-state index in [0.717, 1.165) is 45.0 Å². The molecule has 0 amide bonds. The number of rotatable bonds is 3. The Morgan fingerprint density at radius 1 is 1.50 bits per heavy atom. The van der Waals surface area contributed by atoms with Gasteiger partial charge >= 0.3 is 4.87 Å². The maximum atomic E-state index is 10.9. The van der Waals surface area contributed by atoms with E-state index in [0.29, 0.717) is 0 Å². The Morgan fingerprint density at radius 3 is 2.93 bits per heavy atom. The van der Waals surface area contributed by atoms with Crippen molar-refractivity contribution in [3.05, 3.63) is 20.7 Å². The van der Waals surface area contributed by atoms with Crippen molar-refractivity contribution in [3.8, 4) is 0 Å². The molecular weight excluding hydrogens is 200 g/mol. The van der Waals surface area contributed by atoms with Crippen molar-refractivity contribution in [3.63, 3.8) is 0 Å². The fourth-order valence-electron chi connectivity index (χ4n) is 1.54. The molecule has 1 aromatic rings. The molecule has 0 aromatic carbocycles. The van der Waals surface area contributed by atoms with E-state index in [-0.39, 0.29) is 4.87 Å². The number of aromatic amines is 1. The van der Waals surface area contributed by atoms with Gasteiger partial charge in [0.05, 0.1) is 13.2 Å². The molecular formula is C9H14N2O2S. The topological polar surface area (TPSA) is 45.3 Å². The van der Waals surface area contributed by atoms with Crippen LogP contribution in [-0.4, -0.2) is 42.7 Å². The molecule has 2 rings (SSSR count). The van der Waals surface area contributed by atoms with Crippen molar-refractivity contribution in [1.29, 1.82) is 0 Å². The van der Waals surface area contributed by atoms with E-state index in [1.807, 2.05) is 5.38 Å². The SMILES string of the molecule is O=c1[nH]c(CCN2CCOCC2)cs1. The standard InChI is InChI=1S/C9H14N2O2S/c12-9-10-8(7-14-9)1-2-11-3-5-13-6-4-11/h7H,1-6H2,(H,10,12). The summed E-state index contributed by atoms with van der Waals surface area (Å²) in [5.41, 5.74) is 1.05. The van der Waals surface area contributed by atoms with Crippen molar-refractivity contribution >= 4 is 11.3 Å². The fraction of sp³-hybridized carbons (Fsp3) is 0.667. The third kappa shape index (κ3) is 2.67. The van der Waals surface area contributed by atoms with Crippen LogP contribution in [0.1, 0.15) is 5.69 Å². The molecule has 0 aliphatic carbocycles. The second kappa shape index (κ2) is 4.72. The Hall–Kier alpha value is -0.650. The average Bonchev–Trinajstić information content (AvgIpc) is 2.63. The van der Waals surface area contributed by atoms with E-state index in [9.17, 15) is 4.79 Å². The Bertz CT molecular complexity index is 328. The number of morpholine rings is 1. The summed E-state index contributed by atoms with van der Waals surface area (Å²) >= 11 is 1.24. The third-order valence-electron chi connectivity index (χ3n) is 2.37. The minimum Gasteiger partial charge on any atom is -0.379 e. The lowest BCUT2D eigenvalue weighted by molar-refractivity contribution is 0.0383. The van der Waals surface area contributed by atoms with Crippen molar-refractivity contribution in [1.82, 2.24) is 9.88 Å². The number of hydrogen-bond donors (Lipinski definition) is 1. The predicted octanol–water partition coefficient (Wildman–Crippen LogP) is 0.311. The second-order valence-electron chi connectivity index (χ2n) is 3.38. The first-order valence-electron chi connectivity index (χ1n) is 4.81.